The molecule has 0 unspecified atom stereocenters. The molecule has 1 fully saturated rings. The van der Waals surface area contributed by atoms with E-state index in [1.165, 1.54) is 0 Å². The Morgan fingerprint density at radius 2 is 2.50 bits per heavy atom. The van der Waals surface area contributed by atoms with Gasteiger partial charge >= 0.3 is 6.03 Å². The van der Waals surface area contributed by atoms with Crippen LogP contribution in [0.4, 0.5) is 10.5 Å². The molecule has 2 amide bonds. The second kappa shape index (κ2) is 4.98. The topological polar surface area (TPSA) is 68.2 Å². The SMILES string of the molecule is COCCn1cc(NC(=O)NC2CC2)cn1. The summed E-state index contributed by atoms with van der Waals surface area (Å²) in [7, 11) is 1.64. The molecule has 0 atom stereocenters. The Morgan fingerprint density at radius 1 is 1.69 bits per heavy atom. The second-order valence-electron chi connectivity index (χ2n) is 3.86. The van der Waals surface area contributed by atoms with Crippen LogP contribution in [0.3, 0.4) is 0 Å². The zero-order valence-corrected chi connectivity index (χ0v) is 9.27. The van der Waals surface area contributed by atoms with Gasteiger partial charge in [0.2, 0.25) is 0 Å². The number of nitrogens with zero attached hydrogens (tertiary/aromatic N) is 2. The quantitative estimate of drug-likeness (QED) is 0.777. The number of aromatic nitrogens is 2. The molecule has 1 aromatic rings. The smallest absolute Gasteiger partial charge is 0.319 e. The number of carbonyl (C=O) groups excluding carboxylic acids is 1. The minimum Gasteiger partial charge on any atom is -0.383 e. The van der Waals surface area contributed by atoms with Crippen molar-refractivity contribution in [2.45, 2.75) is 25.4 Å². The highest BCUT2D eigenvalue weighted by Gasteiger charge is 2.23. The average Bonchev–Trinajstić information content (AvgIpc) is 2.94. The molecule has 1 aromatic heterocycles. The van der Waals surface area contributed by atoms with Crippen molar-refractivity contribution in [3.8, 4) is 0 Å². The van der Waals surface area contributed by atoms with Gasteiger partial charge in [0.1, 0.15) is 0 Å². The minimum absolute atomic E-state index is 0.159. The lowest BCUT2D eigenvalue weighted by molar-refractivity contribution is 0.183. The van der Waals surface area contributed by atoms with Gasteiger partial charge in [0.25, 0.3) is 0 Å². The summed E-state index contributed by atoms with van der Waals surface area (Å²) in [6.45, 7) is 1.29. The number of nitrogens with one attached hydrogen (secondary N) is 2. The van der Waals surface area contributed by atoms with Crippen molar-refractivity contribution in [3.05, 3.63) is 12.4 Å². The van der Waals surface area contributed by atoms with Crippen LogP contribution >= 0.6 is 0 Å². The summed E-state index contributed by atoms with van der Waals surface area (Å²) in [5, 5.41) is 9.67. The van der Waals surface area contributed by atoms with Gasteiger partial charge in [0, 0.05) is 19.3 Å². The largest absolute Gasteiger partial charge is 0.383 e. The van der Waals surface area contributed by atoms with Crippen LogP contribution in [0.5, 0.6) is 0 Å². The summed E-state index contributed by atoms with van der Waals surface area (Å²) in [5.74, 6) is 0. The standard InChI is InChI=1S/C10H16N4O2/c1-16-5-4-14-7-9(6-11-14)13-10(15)12-8-2-3-8/h6-8H,2-5H2,1H3,(H2,12,13,15). The summed E-state index contributed by atoms with van der Waals surface area (Å²) in [6, 6.07) is 0.206. The van der Waals surface area contributed by atoms with Crippen molar-refractivity contribution < 1.29 is 9.53 Å². The molecule has 6 nitrogen and oxygen atoms in total. The van der Waals surface area contributed by atoms with E-state index in [0.717, 1.165) is 12.8 Å². The monoisotopic (exact) mass is 224 g/mol. The van der Waals surface area contributed by atoms with Gasteiger partial charge in [0.15, 0.2) is 0 Å². The Morgan fingerprint density at radius 3 is 3.19 bits per heavy atom. The summed E-state index contributed by atoms with van der Waals surface area (Å²) >= 11 is 0. The molecular formula is C10H16N4O2. The van der Waals surface area contributed by atoms with E-state index in [1.54, 1.807) is 24.2 Å². The number of carbonyl (C=O) groups is 1. The molecule has 16 heavy (non-hydrogen) atoms. The van der Waals surface area contributed by atoms with E-state index in [9.17, 15) is 4.79 Å². The fraction of sp³-hybridized carbons (Fsp3) is 0.600. The molecule has 6 heteroatoms. The number of amides is 2. The van der Waals surface area contributed by atoms with E-state index in [2.05, 4.69) is 15.7 Å². The van der Waals surface area contributed by atoms with Crippen LogP contribution in [0, 0.1) is 0 Å². The molecule has 2 N–H and O–H groups in total. The van der Waals surface area contributed by atoms with Crippen molar-refractivity contribution in [2.24, 2.45) is 0 Å². The fourth-order valence-electron chi connectivity index (χ4n) is 1.32. The maximum atomic E-state index is 11.4. The van der Waals surface area contributed by atoms with Crippen molar-refractivity contribution in [2.75, 3.05) is 19.0 Å². The third-order valence-corrected chi connectivity index (χ3v) is 2.33. The zero-order chi connectivity index (χ0) is 11.4. The van der Waals surface area contributed by atoms with E-state index in [4.69, 9.17) is 4.74 Å². The third-order valence-electron chi connectivity index (χ3n) is 2.33. The molecule has 0 saturated heterocycles. The average molecular weight is 224 g/mol. The number of methoxy groups -OCH3 is 1. The van der Waals surface area contributed by atoms with Crippen LogP contribution in [0.25, 0.3) is 0 Å². The van der Waals surface area contributed by atoms with E-state index >= 15 is 0 Å². The van der Waals surface area contributed by atoms with Crippen molar-refractivity contribution >= 4 is 11.7 Å². The Bertz CT molecular complexity index is 359. The van der Waals surface area contributed by atoms with E-state index < -0.39 is 0 Å². The first kappa shape index (κ1) is 10.9. The number of ether oxygens (including phenoxy) is 1. The van der Waals surface area contributed by atoms with Gasteiger partial charge in [-0.1, -0.05) is 0 Å². The van der Waals surface area contributed by atoms with Gasteiger partial charge in [-0.15, -0.1) is 0 Å². The van der Waals surface area contributed by atoms with Gasteiger partial charge in [-0.25, -0.2) is 4.79 Å². The van der Waals surface area contributed by atoms with Crippen LogP contribution in [0.2, 0.25) is 0 Å². The Balaban J connectivity index is 1.79. The Labute approximate surface area is 94.0 Å². The lowest BCUT2D eigenvalue weighted by atomic mass is 10.5. The maximum Gasteiger partial charge on any atom is 0.319 e. The number of rotatable bonds is 5. The first-order valence-electron chi connectivity index (χ1n) is 5.37. The highest BCUT2D eigenvalue weighted by molar-refractivity contribution is 5.89. The van der Waals surface area contributed by atoms with Crippen molar-refractivity contribution in [3.63, 3.8) is 0 Å². The van der Waals surface area contributed by atoms with Gasteiger partial charge in [-0.2, -0.15) is 5.10 Å². The van der Waals surface area contributed by atoms with E-state index in [1.807, 2.05) is 0 Å². The van der Waals surface area contributed by atoms with Gasteiger partial charge in [-0.05, 0) is 12.8 Å². The first-order chi connectivity index (χ1) is 7.78. The highest BCUT2D eigenvalue weighted by Crippen LogP contribution is 2.18. The lowest BCUT2D eigenvalue weighted by Gasteiger charge is -2.03. The number of anilines is 1. The molecule has 1 saturated carbocycles. The van der Waals surface area contributed by atoms with Crippen LogP contribution < -0.4 is 10.6 Å². The van der Waals surface area contributed by atoms with Crippen LogP contribution in [0.15, 0.2) is 12.4 Å². The zero-order valence-electron chi connectivity index (χ0n) is 9.27. The minimum atomic E-state index is -0.159. The molecular weight excluding hydrogens is 208 g/mol. The summed E-state index contributed by atoms with van der Waals surface area (Å²) < 4.78 is 6.67. The molecule has 0 bridgehead atoms. The van der Waals surface area contributed by atoms with E-state index in [0.29, 0.717) is 24.9 Å². The summed E-state index contributed by atoms with van der Waals surface area (Å²) in [5.41, 5.74) is 0.703. The van der Waals surface area contributed by atoms with Crippen LogP contribution in [-0.4, -0.2) is 35.6 Å². The molecule has 0 aromatic carbocycles. The van der Waals surface area contributed by atoms with Gasteiger partial charge < -0.3 is 15.4 Å². The van der Waals surface area contributed by atoms with Crippen LogP contribution in [-0.2, 0) is 11.3 Å². The molecule has 0 radical (unpaired) electrons. The van der Waals surface area contributed by atoms with Crippen molar-refractivity contribution in [1.29, 1.82) is 0 Å². The van der Waals surface area contributed by atoms with Gasteiger partial charge in [0.05, 0.1) is 25.0 Å². The third kappa shape index (κ3) is 3.23. The fourth-order valence-corrected chi connectivity index (χ4v) is 1.32. The maximum absolute atomic E-state index is 11.4. The number of hydrogen-bond acceptors (Lipinski definition) is 3. The number of urea groups is 1. The molecule has 1 heterocycles. The summed E-state index contributed by atoms with van der Waals surface area (Å²) in [4.78, 5) is 11.4. The van der Waals surface area contributed by atoms with E-state index in [-0.39, 0.29) is 6.03 Å². The lowest BCUT2D eigenvalue weighted by Crippen LogP contribution is -2.30. The van der Waals surface area contributed by atoms with Gasteiger partial charge in [-0.3, -0.25) is 4.68 Å². The molecule has 1 aliphatic carbocycles. The Hall–Kier alpha value is -1.56. The second-order valence-corrected chi connectivity index (χ2v) is 3.86. The molecule has 2 rings (SSSR count). The normalized spacial score (nSPS) is 14.8. The summed E-state index contributed by atoms with van der Waals surface area (Å²) in [6.07, 6.45) is 5.58. The Kier molecular flexibility index (Phi) is 3.40. The predicted molar refractivity (Wildman–Crippen MR) is 59.3 cm³/mol. The predicted octanol–water partition coefficient (Wildman–Crippen LogP) is 0.813. The first-order valence-corrected chi connectivity index (χ1v) is 5.37. The molecule has 88 valence electrons. The molecule has 1 aliphatic rings. The number of hydrogen-bond donors (Lipinski definition) is 2. The highest BCUT2D eigenvalue weighted by atomic mass is 16.5. The molecule has 0 spiro atoms. The molecule has 0 aliphatic heterocycles. The van der Waals surface area contributed by atoms with Crippen LogP contribution in [0.1, 0.15) is 12.8 Å². The van der Waals surface area contributed by atoms with Crippen molar-refractivity contribution in [1.82, 2.24) is 15.1 Å².